The van der Waals surface area contributed by atoms with Crippen LogP contribution in [0.4, 0.5) is 11.4 Å². The molecule has 0 spiro atoms. The van der Waals surface area contributed by atoms with Crippen molar-refractivity contribution in [3.05, 3.63) is 82.4 Å². The van der Waals surface area contributed by atoms with Gasteiger partial charge >= 0.3 is 0 Å². The molecule has 0 saturated heterocycles. The largest absolute Gasteiger partial charge is 0.497 e. The SMILES string of the molecule is COc1cccc(-c2cc(C(=O)Nc3ccc([N+](=O)[O-])cc3)ccc2OC)c1. The van der Waals surface area contributed by atoms with Gasteiger partial charge in [-0.2, -0.15) is 0 Å². The fraction of sp³-hybridized carbons (Fsp3) is 0.0952. The Morgan fingerprint density at radius 2 is 1.71 bits per heavy atom. The Balaban J connectivity index is 1.89. The quantitative estimate of drug-likeness (QED) is 0.503. The second kappa shape index (κ2) is 8.22. The summed E-state index contributed by atoms with van der Waals surface area (Å²) in [4.78, 5) is 22.9. The van der Waals surface area contributed by atoms with Crippen LogP contribution >= 0.6 is 0 Å². The summed E-state index contributed by atoms with van der Waals surface area (Å²) in [7, 11) is 3.15. The number of ether oxygens (including phenoxy) is 2. The summed E-state index contributed by atoms with van der Waals surface area (Å²) in [6, 6.07) is 18.2. The number of hydrogen-bond acceptors (Lipinski definition) is 5. The third kappa shape index (κ3) is 4.09. The maximum atomic E-state index is 12.6. The predicted molar refractivity (Wildman–Crippen MR) is 106 cm³/mol. The van der Waals surface area contributed by atoms with Crippen molar-refractivity contribution in [3.8, 4) is 22.6 Å². The topological polar surface area (TPSA) is 90.7 Å². The van der Waals surface area contributed by atoms with Crippen molar-refractivity contribution < 1.29 is 19.2 Å². The van der Waals surface area contributed by atoms with Crippen molar-refractivity contribution in [2.75, 3.05) is 19.5 Å². The van der Waals surface area contributed by atoms with E-state index in [1.165, 1.54) is 24.3 Å². The van der Waals surface area contributed by atoms with E-state index in [1.807, 2.05) is 24.3 Å². The van der Waals surface area contributed by atoms with Crippen molar-refractivity contribution in [2.45, 2.75) is 0 Å². The number of methoxy groups -OCH3 is 2. The summed E-state index contributed by atoms with van der Waals surface area (Å²) in [6.45, 7) is 0. The van der Waals surface area contributed by atoms with Crippen molar-refractivity contribution in [1.29, 1.82) is 0 Å². The summed E-state index contributed by atoms with van der Waals surface area (Å²) >= 11 is 0. The fourth-order valence-corrected chi connectivity index (χ4v) is 2.74. The van der Waals surface area contributed by atoms with E-state index in [4.69, 9.17) is 9.47 Å². The van der Waals surface area contributed by atoms with Crippen LogP contribution in [-0.4, -0.2) is 25.1 Å². The first-order valence-corrected chi connectivity index (χ1v) is 8.40. The fourth-order valence-electron chi connectivity index (χ4n) is 2.74. The second-order valence-corrected chi connectivity index (χ2v) is 5.91. The van der Waals surface area contributed by atoms with Crippen LogP contribution in [0, 0.1) is 10.1 Å². The summed E-state index contributed by atoms with van der Waals surface area (Å²) in [5.41, 5.74) is 2.45. The Hall–Kier alpha value is -3.87. The van der Waals surface area contributed by atoms with E-state index in [9.17, 15) is 14.9 Å². The molecule has 1 N–H and O–H groups in total. The zero-order chi connectivity index (χ0) is 20.1. The van der Waals surface area contributed by atoms with Gasteiger partial charge in [0.05, 0.1) is 19.1 Å². The monoisotopic (exact) mass is 378 g/mol. The van der Waals surface area contributed by atoms with Gasteiger partial charge < -0.3 is 14.8 Å². The number of amides is 1. The van der Waals surface area contributed by atoms with Crippen LogP contribution < -0.4 is 14.8 Å². The van der Waals surface area contributed by atoms with E-state index < -0.39 is 4.92 Å². The number of hydrogen-bond donors (Lipinski definition) is 1. The summed E-state index contributed by atoms with van der Waals surface area (Å²) < 4.78 is 10.7. The van der Waals surface area contributed by atoms with Gasteiger partial charge in [-0.1, -0.05) is 12.1 Å². The van der Waals surface area contributed by atoms with Crippen molar-refractivity contribution in [3.63, 3.8) is 0 Å². The molecule has 0 aliphatic carbocycles. The number of non-ortho nitro benzene ring substituents is 1. The molecule has 1 amide bonds. The van der Waals surface area contributed by atoms with E-state index in [-0.39, 0.29) is 11.6 Å². The van der Waals surface area contributed by atoms with E-state index in [2.05, 4.69) is 5.32 Å². The highest BCUT2D eigenvalue weighted by atomic mass is 16.6. The molecule has 28 heavy (non-hydrogen) atoms. The summed E-state index contributed by atoms with van der Waals surface area (Å²) in [5, 5.41) is 13.5. The first-order chi connectivity index (χ1) is 13.5. The Morgan fingerprint density at radius 1 is 0.964 bits per heavy atom. The minimum absolute atomic E-state index is 0.0391. The molecule has 0 unspecified atom stereocenters. The predicted octanol–water partition coefficient (Wildman–Crippen LogP) is 4.53. The molecular weight excluding hydrogens is 360 g/mol. The molecule has 0 aromatic heterocycles. The molecule has 3 aromatic rings. The Labute approximate surface area is 161 Å². The van der Waals surface area contributed by atoms with Crippen LogP contribution in [0.1, 0.15) is 10.4 Å². The number of rotatable bonds is 6. The number of nitro groups is 1. The molecule has 0 aliphatic heterocycles. The van der Waals surface area contributed by atoms with Crippen molar-refractivity contribution in [2.24, 2.45) is 0 Å². The molecule has 0 radical (unpaired) electrons. The molecular formula is C21H18N2O5. The molecule has 0 saturated carbocycles. The van der Waals surface area contributed by atoms with E-state index in [0.29, 0.717) is 22.7 Å². The van der Waals surface area contributed by atoms with Crippen molar-refractivity contribution >= 4 is 17.3 Å². The molecule has 7 heteroatoms. The average Bonchev–Trinajstić information content (AvgIpc) is 2.73. The van der Waals surface area contributed by atoms with E-state index in [1.54, 1.807) is 32.4 Å². The van der Waals surface area contributed by atoms with Crippen LogP contribution in [0.25, 0.3) is 11.1 Å². The normalized spacial score (nSPS) is 10.2. The van der Waals surface area contributed by atoms with Gasteiger partial charge in [0.15, 0.2) is 0 Å². The highest BCUT2D eigenvalue weighted by Crippen LogP contribution is 2.33. The van der Waals surface area contributed by atoms with Gasteiger partial charge in [-0.05, 0) is 48.0 Å². The number of anilines is 1. The Kier molecular flexibility index (Phi) is 5.55. The first kappa shape index (κ1) is 18.9. The summed E-state index contributed by atoms with van der Waals surface area (Å²) in [6.07, 6.45) is 0. The molecule has 3 aromatic carbocycles. The third-order valence-electron chi connectivity index (χ3n) is 4.18. The number of carbonyl (C=O) groups excluding carboxylic acids is 1. The lowest BCUT2D eigenvalue weighted by Crippen LogP contribution is -2.12. The zero-order valence-corrected chi connectivity index (χ0v) is 15.3. The lowest BCUT2D eigenvalue weighted by atomic mass is 10.0. The van der Waals surface area contributed by atoms with Gasteiger partial charge in [-0.25, -0.2) is 0 Å². The van der Waals surface area contributed by atoms with Crippen LogP contribution in [0.15, 0.2) is 66.7 Å². The second-order valence-electron chi connectivity index (χ2n) is 5.91. The number of benzene rings is 3. The van der Waals surface area contributed by atoms with Crippen LogP contribution in [0.5, 0.6) is 11.5 Å². The van der Waals surface area contributed by atoms with Crippen LogP contribution in [0.3, 0.4) is 0 Å². The minimum Gasteiger partial charge on any atom is -0.497 e. The lowest BCUT2D eigenvalue weighted by Gasteiger charge is -2.12. The smallest absolute Gasteiger partial charge is 0.269 e. The lowest BCUT2D eigenvalue weighted by molar-refractivity contribution is -0.384. The maximum Gasteiger partial charge on any atom is 0.269 e. The van der Waals surface area contributed by atoms with Crippen LogP contribution in [0.2, 0.25) is 0 Å². The molecule has 0 atom stereocenters. The van der Waals surface area contributed by atoms with Crippen molar-refractivity contribution in [1.82, 2.24) is 0 Å². The summed E-state index contributed by atoms with van der Waals surface area (Å²) in [5.74, 6) is 0.987. The minimum atomic E-state index is -0.491. The van der Waals surface area contributed by atoms with E-state index in [0.717, 1.165) is 11.1 Å². The highest BCUT2D eigenvalue weighted by molar-refractivity contribution is 6.05. The molecule has 7 nitrogen and oxygen atoms in total. The highest BCUT2D eigenvalue weighted by Gasteiger charge is 2.13. The van der Waals surface area contributed by atoms with Gasteiger partial charge in [0, 0.05) is 28.9 Å². The Morgan fingerprint density at radius 3 is 2.36 bits per heavy atom. The van der Waals surface area contributed by atoms with Gasteiger partial charge in [-0.3, -0.25) is 14.9 Å². The van der Waals surface area contributed by atoms with Crippen LogP contribution in [-0.2, 0) is 0 Å². The maximum absolute atomic E-state index is 12.6. The molecule has 0 heterocycles. The molecule has 142 valence electrons. The molecule has 0 bridgehead atoms. The number of nitrogens with one attached hydrogen (secondary N) is 1. The Bertz CT molecular complexity index is 1020. The standard InChI is InChI=1S/C21H18N2O5/c1-27-18-5-3-4-14(12-18)19-13-15(6-11-20(19)28-2)21(24)22-16-7-9-17(10-8-16)23(25)26/h3-13H,1-2H3,(H,22,24). The third-order valence-corrected chi connectivity index (χ3v) is 4.18. The molecule has 0 fully saturated rings. The molecule has 3 rings (SSSR count). The average molecular weight is 378 g/mol. The zero-order valence-electron chi connectivity index (χ0n) is 15.3. The number of carbonyl (C=O) groups is 1. The first-order valence-electron chi connectivity index (χ1n) is 8.40. The van der Waals surface area contributed by atoms with Gasteiger partial charge in [-0.15, -0.1) is 0 Å². The number of nitrogens with zero attached hydrogens (tertiary/aromatic N) is 1. The molecule has 0 aliphatic rings. The van der Waals surface area contributed by atoms with Gasteiger partial charge in [0.1, 0.15) is 11.5 Å². The van der Waals surface area contributed by atoms with Gasteiger partial charge in [0.25, 0.3) is 11.6 Å². The number of nitro benzene ring substituents is 1. The van der Waals surface area contributed by atoms with Gasteiger partial charge in [0.2, 0.25) is 0 Å². The van der Waals surface area contributed by atoms with E-state index >= 15 is 0 Å².